The van der Waals surface area contributed by atoms with Crippen LogP contribution < -0.4 is 16.2 Å². The van der Waals surface area contributed by atoms with Crippen LogP contribution in [0.3, 0.4) is 0 Å². The Balaban J connectivity index is 1.68. The fraction of sp³-hybridized carbons (Fsp3) is 0.316. The van der Waals surface area contributed by atoms with Gasteiger partial charge < -0.3 is 10.6 Å². The van der Waals surface area contributed by atoms with Crippen molar-refractivity contribution in [1.82, 2.24) is 19.9 Å². The number of carbonyl (C=O) groups is 1. The molecule has 4 rings (SSSR count). The van der Waals surface area contributed by atoms with Gasteiger partial charge in [0.2, 0.25) is 0 Å². The van der Waals surface area contributed by atoms with Gasteiger partial charge in [0, 0.05) is 23.9 Å². The van der Waals surface area contributed by atoms with Crippen LogP contribution in [0.25, 0.3) is 5.65 Å². The highest BCUT2D eigenvalue weighted by atomic mass is 16.2. The molecule has 0 aliphatic carbocycles. The van der Waals surface area contributed by atoms with E-state index in [0.717, 1.165) is 37.2 Å². The van der Waals surface area contributed by atoms with Gasteiger partial charge in [-0.1, -0.05) is 17.7 Å². The van der Waals surface area contributed by atoms with Crippen LogP contribution in [-0.4, -0.2) is 33.6 Å². The first-order chi connectivity index (χ1) is 12.6. The first-order valence-electron chi connectivity index (χ1n) is 8.81. The summed E-state index contributed by atoms with van der Waals surface area (Å²) in [5, 5.41) is 9.00. The zero-order chi connectivity index (χ0) is 18.1. The van der Waals surface area contributed by atoms with E-state index in [1.165, 1.54) is 10.7 Å². The second-order valence-corrected chi connectivity index (χ2v) is 6.71. The molecule has 2 aromatic heterocycles. The maximum absolute atomic E-state index is 12.7. The van der Waals surface area contributed by atoms with Gasteiger partial charge >= 0.3 is 0 Å². The van der Waals surface area contributed by atoms with Gasteiger partial charge in [0.1, 0.15) is 5.56 Å². The highest BCUT2D eigenvalue weighted by Crippen LogP contribution is 2.23. The first kappa shape index (κ1) is 16.5. The second-order valence-electron chi connectivity index (χ2n) is 6.71. The summed E-state index contributed by atoms with van der Waals surface area (Å²) in [6, 6.07) is 9.14. The number of hydrogen-bond acceptors (Lipinski definition) is 4. The predicted molar refractivity (Wildman–Crippen MR) is 99.8 cm³/mol. The molecule has 0 radical (unpaired) electrons. The third-order valence-electron chi connectivity index (χ3n) is 4.83. The van der Waals surface area contributed by atoms with Crippen LogP contribution in [-0.2, 0) is 0 Å². The molecular formula is C19H21N5O2. The number of aryl methyl sites for hydroxylation is 1. The van der Waals surface area contributed by atoms with Crippen LogP contribution in [0.2, 0.25) is 0 Å². The third-order valence-corrected chi connectivity index (χ3v) is 4.83. The summed E-state index contributed by atoms with van der Waals surface area (Å²) < 4.78 is 1.31. The molecule has 26 heavy (non-hydrogen) atoms. The molecule has 0 bridgehead atoms. The molecule has 7 heteroatoms. The lowest BCUT2D eigenvalue weighted by atomic mass is 9.94. The Hall–Kier alpha value is -2.93. The lowest BCUT2D eigenvalue weighted by Crippen LogP contribution is -2.28. The second kappa shape index (κ2) is 6.76. The number of rotatable bonds is 3. The number of nitrogens with one attached hydrogen (secondary N) is 3. The molecule has 1 aromatic carbocycles. The molecule has 134 valence electrons. The number of hydrogen-bond donors (Lipinski definition) is 3. The van der Waals surface area contributed by atoms with E-state index in [4.69, 9.17) is 0 Å². The summed E-state index contributed by atoms with van der Waals surface area (Å²) in [6.07, 6.45) is 3.41. The van der Waals surface area contributed by atoms with E-state index in [-0.39, 0.29) is 17.4 Å². The maximum Gasteiger partial charge on any atom is 0.272 e. The lowest BCUT2D eigenvalue weighted by Gasteiger charge is -2.21. The zero-order valence-corrected chi connectivity index (χ0v) is 14.6. The van der Waals surface area contributed by atoms with Crippen LogP contribution in [0, 0.1) is 6.92 Å². The summed E-state index contributed by atoms with van der Waals surface area (Å²) in [4.78, 5) is 29.7. The fourth-order valence-electron chi connectivity index (χ4n) is 3.33. The van der Waals surface area contributed by atoms with Crippen molar-refractivity contribution in [1.29, 1.82) is 0 Å². The number of fused-ring (bicyclic) bond motifs is 1. The molecule has 1 saturated heterocycles. The first-order valence-corrected chi connectivity index (χ1v) is 8.81. The number of amides is 1. The Morgan fingerprint density at radius 3 is 2.69 bits per heavy atom. The summed E-state index contributed by atoms with van der Waals surface area (Å²) in [5.41, 5.74) is 3.12. The Labute approximate surface area is 150 Å². The van der Waals surface area contributed by atoms with Crippen molar-refractivity contribution < 1.29 is 4.79 Å². The minimum absolute atomic E-state index is 0.196. The van der Waals surface area contributed by atoms with E-state index in [1.807, 2.05) is 31.2 Å². The Morgan fingerprint density at radius 1 is 1.23 bits per heavy atom. The molecule has 0 unspecified atom stereocenters. The minimum Gasteiger partial charge on any atom is -0.322 e. The van der Waals surface area contributed by atoms with Crippen LogP contribution in [0.5, 0.6) is 0 Å². The van der Waals surface area contributed by atoms with Crippen LogP contribution in [0.1, 0.15) is 40.4 Å². The largest absolute Gasteiger partial charge is 0.322 e. The van der Waals surface area contributed by atoms with Gasteiger partial charge in [-0.2, -0.15) is 0 Å². The molecule has 0 atom stereocenters. The molecule has 1 aliphatic rings. The summed E-state index contributed by atoms with van der Waals surface area (Å²) in [7, 11) is 0. The number of benzene rings is 1. The summed E-state index contributed by atoms with van der Waals surface area (Å²) in [5.74, 6) is -0.0428. The quantitative estimate of drug-likeness (QED) is 0.673. The molecule has 1 aliphatic heterocycles. The Morgan fingerprint density at radius 2 is 1.96 bits per heavy atom. The van der Waals surface area contributed by atoms with Crippen molar-refractivity contribution in [3.63, 3.8) is 0 Å². The SMILES string of the molecule is Cc1ccc(NC(=O)c2c[nH]n3c(=O)cc(C4CCNCC4)nc23)cc1. The minimum atomic E-state index is -0.290. The molecular weight excluding hydrogens is 330 g/mol. The van der Waals surface area contributed by atoms with Gasteiger partial charge in [-0.25, -0.2) is 9.50 Å². The number of carbonyl (C=O) groups excluding carboxylic acids is 1. The summed E-state index contributed by atoms with van der Waals surface area (Å²) >= 11 is 0. The lowest BCUT2D eigenvalue weighted by molar-refractivity contribution is 0.102. The number of anilines is 1. The van der Waals surface area contributed by atoms with Gasteiger partial charge in [-0.05, 0) is 45.0 Å². The molecule has 1 amide bonds. The van der Waals surface area contributed by atoms with Crippen LogP contribution in [0.4, 0.5) is 5.69 Å². The van der Waals surface area contributed by atoms with Crippen molar-refractivity contribution in [3.05, 3.63) is 63.7 Å². The monoisotopic (exact) mass is 351 g/mol. The van der Waals surface area contributed by atoms with E-state index in [0.29, 0.717) is 16.9 Å². The fourth-order valence-corrected chi connectivity index (χ4v) is 3.33. The normalized spacial score (nSPS) is 15.3. The molecule has 0 spiro atoms. The topological polar surface area (TPSA) is 91.3 Å². The Kier molecular flexibility index (Phi) is 4.30. The average molecular weight is 351 g/mol. The number of aromatic amines is 1. The maximum atomic E-state index is 12.7. The van der Waals surface area contributed by atoms with Gasteiger partial charge in [0.05, 0.1) is 5.69 Å². The van der Waals surface area contributed by atoms with Crippen molar-refractivity contribution >= 4 is 17.2 Å². The predicted octanol–water partition coefficient (Wildman–Crippen LogP) is 2.05. The number of H-pyrrole nitrogens is 1. The number of nitrogens with zero attached hydrogens (tertiary/aromatic N) is 2. The van der Waals surface area contributed by atoms with E-state index in [9.17, 15) is 9.59 Å². The van der Waals surface area contributed by atoms with E-state index in [1.54, 1.807) is 6.07 Å². The molecule has 7 nitrogen and oxygen atoms in total. The smallest absolute Gasteiger partial charge is 0.272 e. The average Bonchev–Trinajstić information content (AvgIpc) is 3.09. The van der Waals surface area contributed by atoms with Crippen molar-refractivity contribution in [2.45, 2.75) is 25.7 Å². The van der Waals surface area contributed by atoms with E-state index >= 15 is 0 Å². The molecule has 1 fully saturated rings. The van der Waals surface area contributed by atoms with Gasteiger partial charge in [-0.3, -0.25) is 14.7 Å². The molecule has 3 aromatic rings. The zero-order valence-electron chi connectivity index (χ0n) is 14.6. The van der Waals surface area contributed by atoms with Gasteiger partial charge in [0.15, 0.2) is 5.65 Å². The standard InChI is InChI=1S/C19H21N5O2/c1-12-2-4-14(5-3-12)22-19(26)15-11-21-24-17(25)10-16(23-18(15)24)13-6-8-20-9-7-13/h2-5,10-11,13,20-21H,6-9H2,1H3,(H,22,26). The highest BCUT2D eigenvalue weighted by Gasteiger charge is 2.21. The van der Waals surface area contributed by atoms with Crippen LogP contribution >= 0.6 is 0 Å². The van der Waals surface area contributed by atoms with E-state index < -0.39 is 0 Å². The van der Waals surface area contributed by atoms with Crippen molar-refractivity contribution in [2.75, 3.05) is 18.4 Å². The van der Waals surface area contributed by atoms with Crippen molar-refractivity contribution in [2.24, 2.45) is 0 Å². The Bertz CT molecular complexity index is 997. The number of piperidine rings is 1. The summed E-state index contributed by atoms with van der Waals surface area (Å²) in [6.45, 7) is 3.82. The number of aromatic nitrogens is 3. The van der Waals surface area contributed by atoms with Gasteiger partial charge in [-0.15, -0.1) is 0 Å². The molecule has 0 saturated carbocycles. The highest BCUT2D eigenvalue weighted by molar-refractivity contribution is 6.08. The van der Waals surface area contributed by atoms with E-state index in [2.05, 4.69) is 20.7 Å². The van der Waals surface area contributed by atoms with Crippen LogP contribution in [0.15, 0.2) is 41.3 Å². The molecule has 3 N–H and O–H groups in total. The van der Waals surface area contributed by atoms with Gasteiger partial charge in [0.25, 0.3) is 11.5 Å². The third kappa shape index (κ3) is 3.13. The van der Waals surface area contributed by atoms with Crippen molar-refractivity contribution in [3.8, 4) is 0 Å². The molecule has 3 heterocycles.